The van der Waals surface area contributed by atoms with E-state index in [1.165, 1.54) is 0 Å². The van der Waals surface area contributed by atoms with Crippen molar-refractivity contribution in [1.29, 1.82) is 0 Å². The summed E-state index contributed by atoms with van der Waals surface area (Å²) >= 11 is 5.77. The first kappa shape index (κ1) is 18.3. The summed E-state index contributed by atoms with van der Waals surface area (Å²) in [5, 5.41) is 16.4. The van der Waals surface area contributed by atoms with Gasteiger partial charge in [-0.25, -0.2) is 0 Å². The highest BCUT2D eigenvalue weighted by atomic mass is 35.5. The maximum atomic E-state index is 11.7. The van der Waals surface area contributed by atoms with E-state index in [-0.39, 0.29) is 12.5 Å². The first-order valence-corrected chi connectivity index (χ1v) is 8.12. The summed E-state index contributed by atoms with van der Waals surface area (Å²) in [5.41, 5.74) is 0.866. The van der Waals surface area contributed by atoms with Gasteiger partial charge >= 0.3 is 0 Å². The van der Waals surface area contributed by atoms with Crippen LogP contribution < -0.4 is 15.4 Å². The number of halogens is 1. The molecule has 0 saturated carbocycles. The molecule has 5 nitrogen and oxygen atoms in total. The number of carbonyl (C=O) groups is 1. The largest absolute Gasteiger partial charge is 0.484 e. The van der Waals surface area contributed by atoms with Crippen LogP contribution in [0, 0.1) is 0 Å². The quantitative estimate of drug-likeness (QED) is 0.607. The highest BCUT2D eigenvalue weighted by Gasteiger charge is 2.06. The van der Waals surface area contributed by atoms with Crippen LogP contribution in [0.1, 0.15) is 11.7 Å². The molecule has 1 amide bonds. The van der Waals surface area contributed by atoms with Crippen molar-refractivity contribution in [1.82, 2.24) is 10.6 Å². The van der Waals surface area contributed by atoms with Crippen molar-refractivity contribution >= 4 is 17.5 Å². The zero-order valence-electron chi connectivity index (χ0n) is 13.2. The molecule has 0 fully saturated rings. The molecule has 0 heterocycles. The van der Waals surface area contributed by atoms with Crippen molar-refractivity contribution in [2.75, 3.05) is 26.2 Å². The van der Waals surface area contributed by atoms with Crippen LogP contribution in [0.2, 0.25) is 5.02 Å². The van der Waals surface area contributed by atoms with E-state index < -0.39 is 6.10 Å². The van der Waals surface area contributed by atoms with E-state index in [4.69, 9.17) is 16.3 Å². The van der Waals surface area contributed by atoms with Crippen LogP contribution in [-0.4, -0.2) is 37.3 Å². The predicted molar refractivity (Wildman–Crippen MR) is 94.2 cm³/mol. The van der Waals surface area contributed by atoms with E-state index in [0.717, 1.165) is 5.56 Å². The molecule has 0 radical (unpaired) electrons. The number of ether oxygens (including phenoxy) is 1. The monoisotopic (exact) mass is 348 g/mol. The molecular formula is C18H21ClN2O3. The van der Waals surface area contributed by atoms with Gasteiger partial charge in [0.25, 0.3) is 5.91 Å². The molecule has 0 aliphatic heterocycles. The van der Waals surface area contributed by atoms with Crippen molar-refractivity contribution in [3.05, 3.63) is 65.2 Å². The molecule has 2 rings (SSSR count). The summed E-state index contributed by atoms with van der Waals surface area (Å²) in [6.45, 7) is 1.41. The lowest BCUT2D eigenvalue weighted by atomic mass is 10.1. The molecule has 6 heteroatoms. The normalized spacial score (nSPS) is 11.8. The van der Waals surface area contributed by atoms with Crippen LogP contribution in [0.4, 0.5) is 0 Å². The number of nitrogens with one attached hydrogen (secondary N) is 2. The van der Waals surface area contributed by atoms with Crippen LogP contribution in [0.25, 0.3) is 0 Å². The van der Waals surface area contributed by atoms with Gasteiger partial charge in [0.2, 0.25) is 0 Å². The van der Waals surface area contributed by atoms with E-state index >= 15 is 0 Å². The Hall–Kier alpha value is -2.08. The molecule has 2 aromatic carbocycles. The standard InChI is InChI=1S/C18H21ClN2O3/c19-15-6-8-16(9-7-15)24-13-18(23)21-11-10-20-12-17(22)14-4-2-1-3-5-14/h1-9,17,20,22H,10-13H2,(H,21,23)/t17-/m0/s1. The molecule has 0 aliphatic rings. The molecule has 2 aromatic rings. The Balaban J connectivity index is 1.55. The zero-order chi connectivity index (χ0) is 17.2. The maximum absolute atomic E-state index is 11.7. The molecular weight excluding hydrogens is 328 g/mol. The van der Waals surface area contributed by atoms with Crippen LogP contribution in [0.5, 0.6) is 5.75 Å². The SMILES string of the molecule is O=C(COc1ccc(Cl)cc1)NCCNC[C@H](O)c1ccccc1. The average Bonchev–Trinajstić information content (AvgIpc) is 2.61. The van der Waals surface area contributed by atoms with Gasteiger partial charge in [-0.15, -0.1) is 0 Å². The first-order valence-electron chi connectivity index (χ1n) is 7.74. The summed E-state index contributed by atoms with van der Waals surface area (Å²) in [6, 6.07) is 16.3. The van der Waals surface area contributed by atoms with Gasteiger partial charge in [0, 0.05) is 24.7 Å². The fourth-order valence-electron chi connectivity index (χ4n) is 2.05. The van der Waals surface area contributed by atoms with E-state index in [1.807, 2.05) is 30.3 Å². The number of aliphatic hydroxyl groups is 1. The lowest BCUT2D eigenvalue weighted by molar-refractivity contribution is -0.123. The second-order valence-corrected chi connectivity index (χ2v) is 5.66. The summed E-state index contributed by atoms with van der Waals surface area (Å²) in [4.78, 5) is 11.7. The fraction of sp³-hybridized carbons (Fsp3) is 0.278. The van der Waals surface area contributed by atoms with Gasteiger partial charge in [0.1, 0.15) is 5.75 Å². The van der Waals surface area contributed by atoms with E-state index in [1.54, 1.807) is 24.3 Å². The van der Waals surface area contributed by atoms with Crippen molar-refractivity contribution in [2.24, 2.45) is 0 Å². The third kappa shape index (κ3) is 6.58. The summed E-state index contributed by atoms with van der Waals surface area (Å²) in [5.74, 6) is 0.397. The Bertz CT molecular complexity index is 620. The van der Waals surface area contributed by atoms with Crippen LogP contribution in [0.3, 0.4) is 0 Å². The molecule has 0 aromatic heterocycles. The number of hydrogen-bond acceptors (Lipinski definition) is 4. The fourth-order valence-corrected chi connectivity index (χ4v) is 2.18. The van der Waals surface area contributed by atoms with Crippen LogP contribution in [0.15, 0.2) is 54.6 Å². The van der Waals surface area contributed by atoms with E-state index in [9.17, 15) is 9.90 Å². The van der Waals surface area contributed by atoms with Crippen LogP contribution >= 0.6 is 11.6 Å². The molecule has 0 aliphatic carbocycles. The van der Waals surface area contributed by atoms with Gasteiger partial charge in [0.05, 0.1) is 6.10 Å². The average molecular weight is 349 g/mol. The van der Waals surface area contributed by atoms with E-state index in [2.05, 4.69) is 10.6 Å². The number of aliphatic hydroxyl groups excluding tert-OH is 1. The molecule has 0 saturated heterocycles. The maximum Gasteiger partial charge on any atom is 0.257 e. The minimum atomic E-state index is -0.560. The lowest BCUT2D eigenvalue weighted by Gasteiger charge is -2.12. The topological polar surface area (TPSA) is 70.6 Å². The van der Waals surface area contributed by atoms with Gasteiger partial charge in [-0.3, -0.25) is 4.79 Å². The molecule has 24 heavy (non-hydrogen) atoms. The molecule has 0 unspecified atom stereocenters. The van der Waals surface area contributed by atoms with E-state index in [0.29, 0.717) is 30.4 Å². The minimum Gasteiger partial charge on any atom is -0.484 e. The van der Waals surface area contributed by atoms with Gasteiger partial charge in [-0.2, -0.15) is 0 Å². The first-order chi connectivity index (χ1) is 11.6. The Labute approximate surface area is 146 Å². The second-order valence-electron chi connectivity index (χ2n) is 5.22. The number of amides is 1. The highest BCUT2D eigenvalue weighted by molar-refractivity contribution is 6.30. The number of rotatable bonds is 9. The Kier molecular flexibility index (Phi) is 7.55. The number of carbonyl (C=O) groups excluding carboxylic acids is 1. The molecule has 3 N–H and O–H groups in total. The number of hydrogen-bond donors (Lipinski definition) is 3. The molecule has 0 spiro atoms. The molecule has 1 atom stereocenters. The summed E-state index contributed by atoms with van der Waals surface area (Å²) in [7, 11) is 0. The van der Waals surface area contributed by atoms with Crippen molar-refractivity contribution in [3.63, 3.8) is 0 Å². The number of benzene rings is 2. The minimum absolute atomic E-state index is 0.0473. The van der Waals surface area contributed by atoms with Crippen molar-refractivity contribution in [2.45, 2.75) is 6.10 Å². The molecule has 128 valence electrons. The predicted octanol–water partition coefficient (Wildman–Crippen LogP) is 2.16. The lowest BCUT2D eigenvalue weighted by Crippen LogP contribution is -2.35. The zero-order valence-corrected chi connectivity index (χ0v) is 14.0. The Morgan fingerprint density at radius 3 is 2.50 bits per heavy atom. The highest BCUT2D eigenvalue weighted by Crippen LogP contribution is 2.15. The van der Waals surface area contributed by atoms with Gasteiger partial charge < -0.3 is 20.5 Å². The van der Waals surface area contributed by atoms with Crippen molar-refractivity contribution in [3.8, 4) is 5.75 Å². The molecule has 0 bridgehead atoms. The Morgan fingerprint density at radius 1 is 1.08 bits per heavy atom. The summed E-state index contributed by atoms with van der Waals surface area (Å²) in [6.07, 6.45) is -0.560. The van der Waals surface area contributed by atoms with Gasteiger partial charge in [-0.05, 0) is 29.8 Å². The van der Waals surface area contributed by atoms with Gasteiger partial charge in [0.15, 0.2) is 6.61 Å². The van der Waals surface area contributed by atoms with Gasteiger partial charge in [-0.1, -0.05) is 41.9 Å². The van der Waals surface area contributed by atoms with Crippen LogP contribution in [-0.2, 0) is 4.79 Å². The Morgan fingerprint density at radius 2 is 1.79 bits per heavy atom. The van der Waals surface area contributed by atoms with Crippen molar-refractivity contribution < 1.29 is 14.6 Å². The second kappa shape index (κ2) is 9.93. The third-order valence-corrected chi connectivity index (χ3v) is 3.58. The smallest absolute Gasteiger partial charge is 0.257 e. The summed E-state index contributed by atoms with van der Waals surface area (Å²) < 4.78 is 5.34. The third-order valence-electron chi connectivity index (χ3n) is 3.33.